The lowest BCUT2D eigenvalue weighted by atomic mass is 10.1. The first kappa shape index (κ1) is 20.0. The molecule has 0 fully saturated rings. The highest BCUT2D eigenvalue weighted by atomic mass is 32.1. The zero-order chi connectivity index (χ0) is 19.9. The van der Waals surface area contributed by atoms with Crippen molar-refractivity contribution in [2.24, 2.45) is 0 Å². The van der Waals surface area contributed by atoms with Crippen LogP contribution in [0.3, 0.4) is 0 Å². The summed E-state index contributed by atoms with van der Waals surface area (Å²) in [5, 5.41) is 16.0. The Labute approximate surface area is 169 Å². The first-order chi connectivity index (χ1) is 13.5. The highest BCUT2D eigenvalue weighted by Gasteiger charge is 2.13. The second kappa shape index (κ2) is 9.48. The van der Waals surface area contributed by atoms with E-state index < -0.39 is 0 Å². The number of phenols is 1. The van der Waals surface area contributed by atoms with Crippen molar-refractivity contribution in [3.8, 4) is 17.0 Å². The molecule has 0 aliphatic heterocycles. The van der Waals surface area contributed by atoms with Crippen LogP contribution in [-0.2, 0) is 11.3 Å². The Balaban J connectivity index is 1.65. The first-order valence-corrected chi connectivity index (χ1v) is 10.2. The quantitative estimate of drug-likeness (QED) is 0.581. The Morgan fingerprint density at radius 1 is 1.21 bits per heavy atom. The van der Waals surface area contributed by atoms with E-state index >= 15 is 0 Å². The van der Waals surface area contributed by atoms with Gasteiger partial charge in [-0.05, 0) is 38.1 Å². The van der Waals surface area contributed by atoms with Gasteiger partial charge in [0.15, 0.2) is 0 Å². The molecule has 2 N–H and O–H groups in total. The lowest BCUT2D eigenvalue weighted by Gasteiger charge is -2.21. The molecule has 0 aliphatic rings. The van der Waals surface area contributed by atoms with Crippen LogP contribution in [0.5, 0.6) is 5.75 Å². The van der Waals surface area contributed by atoms with Crippen molar-refractivity contribution in [3.63, 3.8) is 0 Å². The molecule has 0 spiro atoms. The second-order valence-electron chi connectivity index (χ2n) is 6.72. The van der Waals surface area contributed by atoms with Gasteiger partial charge in [-0.2, -0.15) is 0 Å². The van der Waals surface area contributed by atoms with E-state index in [4.69, 9.17) is 0 Å². The van der Waals surface area contributed by atoms with E-state index in [0.717, 1.165) is 40.5 Å². The number of para-hydroxylation sites is 1. The summed E-state index contributed by atoms with van der Waals surface area (Å²) in [6.07, 6.45) is 0.930. The molecule has 0 bridgehead atoms. The molecule has 146 valence electrons. The molecular weight excluding hydrogens is 370 g/mol. The van der Waals surface area contributed by atoms with E-state index in [-0.39, 0.29) is 18.2 Å². The number of phenolic OH excluding ortho intramolecular Hbond substituents is 1. The van der Waals surface area contributed by atoms with Gasteiger partial charge < -0.3 is 10.4 Å². The number of anilines is 1. The van der Waals surface area contributed by atoms with Gasteiger partial charge >= 0.3 is 0 Å². The van der Waals surface area contributed by atoms with Gasteiger partial charge in [-0.25, -0.2) is 4.98 Å². The van der Waals surface area contributed by atoms with Crippen molar-refractivity contribution in [2.45, 2.75) is 26.8 Å². The standard InChI is InChI=1S/C22H25N3O2S/c1-3-11-25(13-18-7-4-5-10-21(18)26)14-22(27)24-19-9-6-8-17(12-19)20-15-28-16(2)23-20/h4-10,12,15,26H,3,11,13-14H2,1-2H3,(H,24,27). The third-order valence-corrected chi connectivity index (χ3v) is 5.13. The minimum atomic E-state index is -0.0736. The Hall–Kier alpha value is -2.70. The lowest BCUT2D eigenvalue weighted by Crippen LogP contribution is -2.33. The van der Waals surface area contributed by atoms with Crippen LogP contribution < -0.4 is 5.32 Å². The number of carbonyl (C=O) groups excluding carboxylic acids is 1. The number of aromatic hydroxyl groups is 1. The molecule has 0 aliphatic carbocycles. The number of aryl methyl sites for hydroxylation is 1. The number of hydrogen-bond acceptors (Lipinski definition) is 5. The van der Waals surface area contributed by atoms with Gasteiger partial charge in [0, 0.05) is 28.7 Å². The number of benzene rings is 2. The van der Waals surface area contributed by atoms with Gasteiger partial charge in [-0.15, -0.1) is 11.3 Å². The fourth-order valence-corrected chi connectivity index (χ4v) is 3.69. The summed E-state index contributed by atoms with van der Waals surface area (Å²) in [4.78, 5) is 19.1. The van der Waals surface area contributed by atoms with Crippen molar-refractivity contribution in [1.29, 1.82) is 0 Å². The summed E-state index contributed by atoms with van der Waals surface area (Å²) in [7, 11) is 0. The molecular formula is C22H25N3O2S. The predicted octanol–water partition coefficient (Wildman–Crippen LogP) is 4.67. The van der Waals surface area contributed by atoms with E-state index in [0.29, 0.717) is 6.54 Å². The summed E-state index contributed by atoms with van der Waals surface area (Å²) in [6.45, 7) is 5.63. The molecule has 3 aromatic rings. The van der Waals surface area contributed by atoms with Crippen LogP contribution >= 0.6 is 11.3 Å². The monoisotopic (exact) mass is 395 g/mol. The Morgan fingerprint density at radius 2 is 2.04 bits per heavy atom. The number of nitrogens with one attached hydrogen (secondary N) is 1. The number of carbonyl (C=O) groups is 1. The number of thiazole rings is 1. The van der Waals surface area contributed by atoms with Gasteiger partial charge in [0.25, 0.3) is 0 Å². The largest absolute Gasteiger partial charge is 0.508 e. The third kappa shape index (κ3) is 5.41. The summed E-state index contributed by atoms with van der Waals surface area (Å²) < 4.78 is 0. The lowest BCUT2D eigenvalue weighted by molar-refractivity contribution is -0.117. The molecule has 1 amide bonds. The minimum absolute atomic E-state index is 0.0736. The number of aromatic nitrogens is 1. The maximum atomic E-state index is 12.6. The van der Waals surface area contributed by atoms with E-state index in [2.05, 4.69) is 17.2 Å². The molecule has 1 aromatic heterocycles. The molecule has 5 nitrogen and oxygen atoms in total. The van der Waals surface area contributed by atoms with Crippen LogP contribution in [0.1, 0.15) is 23.9 Å². The normalized spacial score (nSPS) is 11.0. The first-order valence-electron chi connectivity index (χ1n) is 9.37. The molecule has 0 atom stereocenters. The molecule has 0 saturated carbocycles. The smallest absolute Gasteiger partial charge is 0.238 e. The Morgan fingerprint density at radius 3 is 2.75 bits per heavy atom. The summed E-state index contributed by atoms with van der Waals surface area (Å²) in [5.74, 6) is 0.186. The highest BCUT2D eigenvalue weighted by molar-refractivity contribution is 7.09. The van der Waals surface area contributed by atoms with Crippen LogP contribution in [0.2, 0.25) is 0 Å². The summed E-state index contributed by atoms with van der Waals surface area (Å²) >= 11 is 1.61. The fourth-order valence-electron chi connectivity index (χ4n) is 3.07. The summed E-state index contributed by atoms with van der Waals surface area (Å²) in [6, 6.07) is 15.0. The number of nitrogens with zero attached hydrogens (tertiary/aromatic N) is 2. The van der Waals surface area contributed by atoms with Crippen LogP contribution in [-0.4, -0.2) is 34.0 Å². The van der Waals surface area contributed by atoms with Crippen LogP contribution in [0, 0.1) is 6.92 Å². The van der Waals surface area contributed by atoms with Crippen LogP contribution in [0.15, 0.2) is 53.9 Å². The van der Waals surface area contributed by atoms with E-state index in [1.807, 2.05) is 53.6 Å². The average molecular weight is 396 g/mol. The van der Waals surface area contributed by atoms with E-state index in [9.17, 15) is 9.90 Å². The molecule has 1 heterocycles. The maximum Gasteiger partial charge on any atom is 0.238 e. The van der Waals surface area contributed by atoms with Crippen molar-refractivity contribution in [1.82, 2.24) is 9.88 Å². The zero-order valence-electron chi connectivity index (χ0n) is 16.2. The molecule has 3 rings (SSSR count). The number of amides is 1. The Bertz CT molecular complexity index is 939. The van der Waals surface area contributed by atoms with Gasteiger partial charge in [0.05, 0.1) is 17.2 Å². The van der Waals surface area contributed by atoms with Gasteiger partial charge in [0.1, 0.15) is 5.75 Å². The van der Waals surface area contributed by atoms with Crippen molar-refractivity contribution in [2.75, 3.05) is 18.4 Å². The average Bonchev–Trinajstić information content (AvgIpc) is 3.10. The molecule has 28 heavy (non-hydrogen) atoms. The third-order valence-electron chi connectivity index (χ3n) is 4.35. The van der Waals surface area contributed by atoms with Crippen LogP contribution in [0.4, 0.5) is 5.69 Å². The highest BCUT2D eigenvalue weighted by Crippen LogP contribution is 2.24. The van der Waals surface area contributed by atoms with Gasteiger partial charge in [-0.3, -0.25) is 9.69 Å². The Kier molecular flexibility index (Phi) is 6.79. The molecule has 2 aromatic carbocycles. The van der Waals surface area contributed by atoms with Crippen LogP contribution in [0.25, 0.3) is 11.3 Å². The van der Waals surface area contributed by atoms with E-state index in [1.54, 1.807) is 23.5 Å². The van der Waals surface area contributed by atoms with Crippen molar-refractivity contribution >= 4 is 22.9 Å². The molecule has 0 unspecified atom stereocenters. The van der Waals surface area contributed by atoms with Crippen molar-refractivity contribution < 1.29 is 9.90 Å². The minimum Gasteiger partial charge on any atom is -0.508 e. The van der Waals surface area contributed by atoms with Gasteiger partial charge in [0.2, 0.25) is 5.91 Å². The van der Waals surface area contributed by atoms with Crippen molar-refractivity contribution in [3.05, 3.63) is 64.5 Å². The fraction of sp³-hybridized carbons (Fsp3) is 0.273. The van der Waals surface area contributed by atoms with Gasteiger partial charge in [-0.1, -0.05) is 37.3 Å². The second-order valence-corrected chi connectivity index (χ2v) is 7.78. The molecule has 0 saturated heterocycles. The number of rotatable bonds is 8. The topological polar surface area (TPSA) is 65.5 Å². The zero-order valence-corrected chi connectivity index (χ0v) is 17.0. The number of hydrogen-bond donors (Lipinski definition) is 2. The molecule has 6 heteroatoms. The van der Waals surface area contributed by atoms with E-state index in [1.165, 1.54) is 0 Å². The predicted molar refractivity (Wildman–Crippen MR) is 115 cm³/mol. The maximum absolute atomic E-state index is 12.6. The summed E-state index contributed by atoms with van der Waals surface area (Å²) in [5.41, 5.74) is 3.49. The SMILES string of the molecule is CCCN(CC(=O)Nc1cccc(-c2csc(C)n2)c1)Cc1ccccc1O. The molecule has 0 radical (unpaired) electrons.